The Morgan fingerprint density at radius 2 is 1.88 bits per heavy atom. The van der Waals surface area contributed by atoms with Gasteiger partial charge in [-0.15, -0.1) is 0 Å². The molecule has 140 valence electrons. The lowest BCUT2D eigenvalue weighted by molar-refractivity contribution is -0.137. The van der Waals surface area contributed by atoms with E-state index < -0.39 is 23.4 Å². The van der Waals surface area contributed by atoms with Crippen LogP contribution >= 0.6 is 0 Å². The molecule has 5 nitrogen and oxygen atoms in total. The monoisotopic (exact) mass is 367 g/mol. The number of nitrogens with zero attached hydrogens (tertiary/aromatic N) is 3. The van der Waals surface area contributed by atoms with Crippen LogP contribution < -0.4 is 0 Å². The van der Waals surface area contributed by atoms with E-state index in [4.69, 9.17) is 4.74 Å². The zero-order chi connectivity index (χ0) is 19.1. The van der Waals surface area contributed by atoms with E-state index in [-0.39, 0.29) is 12.2 Å². The molecule has 3 rings (SSSR count). The topological polar surface area (TPSA) is 47.4 Å². The van der Waals surface area contributed by atoms with Gasteiger partial charge in [0, 0.05) is 18.7 Å². The Balaban J connectivity index is 1.89. The largest absolute Gasteiger partial charge is 0.444 e. The first-order valence-corrected chi connectivity index (χ1v) is 8.26. The third-order valence-electron chi connectivity index (χ3n) is 4.03. The van der Waals surface area contributed by atoms with E-state index in [0.717, 1.165) is 6.07 Å². The van der Waals surface area contributed by atoms with Gasteiger partial charge in [-0.2, -0.15) is 13.2 Å². The summed E-state index contributed by atoms with van der Waals surface area (Å²) >= 11 is 0. The molecular weight excluding hydrogens is 347 g/mol. The molecule has 0 aliphatic carbocycles. The smallest absolute Gasteiger partial charge is 0.418 e. The Bertz CT molecular complexity index is 822. The number of para-hydroxylation sites is 1. The third kappa shape index (κ3) is 3.68. The van der Waals surface area contributed by atoms with Gasteiger partial charge >= 0.3 is 12.3 Å². The third-order valence-corrected chi connectivity index (χ3v) is 4.03. The Morgan fingerprint density at radius 1 is 1.19 bits per heavy atom. The fraction of sp³-hybridized carbons (Fsp3) is 0.444. The maximum absolute atomic E-state index is 13.3. The average molecular weight is 367 g/mol. The molecule has 0 fully saturated rings. The number of benzene rings is 1. The summed E-state index contributed by atoms with van der Waals surface area (Å²) in [5.41, 5.74) is -0.0163. The van der Waals surface area contributed by atoms with Gasteiger partial charge in [0.05, 0.1) is 29.8 Å². The highest BCUT2D eigenvalue weighted by atomic mass is 19.4. The molecule has 0 N–H and O–H groups in total. The van der Waals surface area contributed by atoms with Crippen LogP contribution in [0.3, 0.4) is 0 Å². The first-order valence-electron chi connectivity index (χ1n) is 8.26. The minimum absolute atomic E-state index is 0.0412. The van der Waals surface area contributed by atoms with Crippen LogP contribution in [0, 0.1) is 0 Å². The highest BCUT2D eigenvalue weighted by Crippen LogP contribution is 2.35. The van der Waals surface area contributed by atoms with E-state index in [1.807, 2.05) is 0 Å². The number of carbonyl (C=O) groups excluding carboxylic acids is 1. The number of rotatable bonds is 1. The highest BCUT2D eigenvalue weighted by Gasteiger charge is 2.35. The normalized spacial score (nSPS) is 14.9. The van der Waals surface area contributed by atoms with Crippen molar-refractivity contribution in [2.24, 2.45) is 0 Å². The predicted octanol–water partition coefficient (Wildman–Crippen LogP) is 4.18. The van der Waals surface area contributed by atoms with E-state index in [0.29, 0.717) is 24.4 Å². The Labute approximate surface area is 149 Å². The SMILES string of the molecule is CC(C)(C)OC(=O)N1CCc2c(ncn2-c2ccccc2C(F)(F)F)C1. The lowest BCUT2D eigenvalue weighted by Crippen LogP contribution is -2.40. The fourth-order valence-corrected chi connectivity index (χ4v) is 2.92. The van der Waals surface area contributed by atoms with Crippen molar-refractivity contribution < 1.29 is 22.7 Å². The molecule has 0 atom stereocenters. The zero-order valence-corrected chi connectivity index (χ0v) is 14.8. The number of hydrogen-bond donors (Lipinski definition) is 0. The van der Waals surface area contributed by atoms with Gasteiger partial charge in [0.2, 0.25) is 0 Å². The van der Waals surface area contributed by atoms with Crippen molar-refractivity contribution in [2.45, 2.75) is 45.5 Å². The van der Waals surface area contributed by atoms with Crippen molar-refractivity contribution in [3.8, 4) is 5.69 Å². The molecule has 2 heterocycles. The number of hydrogen-bond acceptors (Lipinski definition) is 3. The summed E-state index contributed by atoms with van der Waals surface area (Å²) in [6.07, 6.45) is -3.12. The van der Waals surface area contributed by atoms with Gasteiger partial charge in [0.25, 0.3) is 0 Å². The summed E-state index contributed by atoms with van der Waals surface area (Å²) in [5, 5.41) is 0. The van der Waals surface area contributed by atoms with Crippen molar-refractivity contribution in [1.82, 2.24) is 14.5 Å². The Morgan fingerprint density at radius 3 is 2.54 bits per heavy atom. The van der Waals surface area contributed by atoms with Gasteiger partial charge in [-0.05, 0) is 32.9 Å². The number of carbonyl (C=O) groups is 1. The van der Waals surface area contributed by atoms with Crippen LogP contribution in [0.15, 0.2) is 30.6 Å². The standard InChI is InChI=1S/C18H20F3N3O2/c1-17(2,3)26-16(25)23-9-8-15-13(10-23)22-11-24(15)14-7-5-4-6-12(14)18(19,20)21/h4-7,11H,8-10H2,1-3H3. The predicted molar refractivity (Wildman–Crippen MR) is 88.9 cm³/mol. The second kappa shape index (κ2) is 6.34. The van der Waals surface area contributed by atoms with Crippen molar-refractivity contribution in [2.75, 3.05) is 6.54 Å². The molecule has 1 aliphatic rings. The van der Waals surface area contributed by atoms with Gasteiger partial charge in [-0.3, -0.25) is 0 Å². The van der Waals surface area contributed by atoms with Gasteiger partial charge in [0.1, 0.15) is 5.60 Å². The highest BCUT2D eigenvalue weighted by molar-refractivity contribution is 5.68. The number of alkyl halides is 3. The van der Waals surface area contributed by atoms with Crippen molar-refractivity contribution in [1.29, 1.82) is 0 Å². The maximum Gasteiger partial charge on any atom is 0.418 e. The minimum Gasteiger partial charge on any atom is -0.444 e. The lowest BCUT2D eigenvalue weighted by Gasteiger charge is -2.30. The average Bonchev–Trinajstić information content (AvgIpc) is 2.95. The number of imidazole rings is 1. The van der Waals surface area contributed by atoms with E-state index >= 15 is 0 Å². The van der Waals surface area contributed by atoms with Crippen molar-refractivity contribution >= 4 is 6.09 Å². The summed E-state index contributed by atoms with van der Waals surface area (Å²) in [4.78, 5) is 18.0. The molecular formula is C18H20F3N3O2. The molecule has 1 aliphatic heterocycles. The first kappa shape index (κ1) is 18.3. The first-order chi connectivity index (χ1) is 12.1. The van der Waals surface area contributed by atoms with Crippen LogP contribution in [0.1, 0.15) is 37.7 Å². The van der Waals surface area contributed by atoms with Crippen LogP contribution in [-0.2, 0) is 23.9 Å². The number of amides is 1. The molecule has 0 spiro atoms. The summed E-state index contributed by atoms with van der Waals surface area (Å²) in [6.45, 7) is 5.92. The number of halogens is 3. The molecule has 1 amide bonds. The van der Waals surface area contributed by atoms with Crippen molar-refractivity contribution in [3.05, 3.63) is 47.5 Å². The molecule has 0 saturated carbocycles. The summed E-state index contributed by atoms with van der Waals surface area (Å²) in [7, 11) is 0. The zero-order valence-electron chi connectivity index (χ0n) is 14.8. The van der Waals surface area contributed by atoms with Crippen LogP contribution in [0.4, 0.5) is 18.0 Å². The van der Waals surface area contributed by atoms with E-state index in [1.54, 1.807) is 26.8 Å². The van der Waals surface area contributed by atoms with Crippen LogP contribution in [-0.4, -0.2) is 32.7 Å². The molecule has 0 bridgehead atoms. The molecule has 1 aromatic carbocycles. The fourth-order valence-electron chi connectivity index (χ4n) is 2.92. The van der Waals surface area contributed by atoms with Gasteiger partial charge in [-0.25, -0.2) is 9.78 Å². The quantitative estimate of drug-likeness (QED) is 0.760. The van der Waals surface area contributed by atoms with Gasteiger partial charge < -0.3 is 14.2 Å². The maximum atomic E-state index is 13.3. The second-order valence-electron chi connectivity index (χ2n) is 7.17. The summed E-state index contributed by atoms with van der Waals surface area (Å²) < 4.78 is 46.7. The van der Waals surface area contributed by atoms with Crippen LogP contribution in [0.25, 0.3) is 5.69 Å². The van der Waals surface area contributed by atoms with Crippen molar-refractivity contribution in [3.63, 3.8) is 0 Å². The van der Waals surface area contributed by atoms with Crippen LogP contribution in [0.2, 0.25) is 0 Å². The molecule has 0 radical (unpaired) electrons. The second-order valence-corrected chi connectivity index (χ2v) is 7.17. The molecule has 0 saturated heterocycles. The molecule has 0 unspecified atom stereocenters. The molecule has 8 heteroatoms. The number of fused-ring (bicyclic) bond motifs is 1. The summed E-state index contributed by atoms with van der Waals surface area (Å²) in [5.74, 6) is 0. The van der Waals surface area contributed by atoms with E-state index in [2.05, 4.69) is 4.98 Å². The van der Waals surface area contributed by atoms with Gasteiger partial charge in [0.15, 0.2) is 0 Å². The number of ether oxygens (including phenoxy) is 1. The Hall–Kier alpha value is -2.51. The minimum atomic E-state index is -4.45. The van der Waals surface area contributed by atoms with Crippen LogP contribution in [0.5, 0.6) is 0 Å². The molecule has 1 aromatic heterocycles. The van der Waals surface area contributed by atoms with E-state index in [1.165, 1.54) is 27.9 Å². The molecule has 26 heavy (non-hydrogen) atoms. The lowest BCUT2D eigenvalue weighted by atomic mass is 10.1. The summed E-state index contributed by atoms with van der Waals surface area (Å²) in [6, 6.07) is 5.40. The van der Waals surface area contributed by atoms with Gasteiger partial charge in [-0.1, -0.05) is 12.1 Å². The van der Waals surface area contributed by atoms with E-state index in [9.17, 15) is 18.0 Å². The Kier molecular flexibility index (Phi) is 4.46. The molecule has 2 aromatic rings. The number of aromatic nitrogens is 2.